The molecule has 2 aliphatic rings. The topological polar surface area (TPSA) is 46.3 Å². The molecule has 1 heterocycles. The third kappa shape index (κ3) is 2.39. The summed E-state index contributed by atoms with van der Waals surface area (Å²) in [6, 6.07) is 0.754. The van der Waals surface area contributed by atoms with Crippen molar-refractivity contribution >= 4 is 18.3 Å². The third-order valence-corrected chi connectivity index (χ3v) is 3.46. The van der Waals surface area contributed by atoms with Crippen molar-refractivity contribution < 1.29 is 4.79 Å². The van der Waals surface area contributed by atoms with Gasteiger partial charge < -0.3 is 5.73 Å². The largest absolute Gasteiger partial charge is 0.369 e. The number of amides is 1. The molecule has 14 heavy (non-hydrogen) atoms. The summed E-state index contributed by atoms with van der Waals surface area (Å²) in [6.07, 6.45) is 6.35. The molecule has 0 radical (unpaired) electrons. The van der Waals surface area contributed by atoms with Crippen molar-refractivity contribution in [3.63, 3.8) is 0 Å². The Balaban J connectivity index is 0.000000980. The van der Waals surface area contributed by atoms with Gasteiger partial charge in [0.15, 0.2) is 0 Å². The van der Waals surface area contributed by atoms with Crippen molar-refractivity contribution in [2.75, 3.05) is 13.1 Å². The number of halogens is 1. The lowest BCUT2D eigenvalue weighted by molar-refractivity contribution is -0.121. The Morgan fingerprint density at radius 2 is 1.86 bits per heavy atom. The minimum Gasteiger partial charge on any atom is -0.369 e. The van der Waals surface area contributed by atoms with Crippen LogP contribution in [0, 0.1) is 5.92 Å². The quantitative estimate of drug-likeness (QED) is 0.756. The molecule has 0 aromatic rings. The average Bonchev–Trinajstić information content (AvgIpc) is 2.75. The number of likely N-dealkylation sites (tertiary alicyclic amines) is 1. The van der Waals surface area contributed by atoms with E-state index >= 15 is 0 Å². The highest BCUT2D eigenvalue weighted by molar-refractivity contribution is 5.85. The van der Waals surface area contributed by atoms with E-state index in [1.54, 1.807) is 0 Å². The van der Waals surface area contributed by atoms with Crippen molar-refractivity contribution in [2.24, 2.45) is 11.7 Å². The van der Waals surface area contributed by atoms with Gasteiger partial charge in [-0.2, -0.15) is 0 Å². The highest BCUT2D eigenvalue weighted by atomic mass is 35.5. The summed E-state index contributed by atoms with van der Waals surface area (Å²) in [5.41, 5.74) is 5.29. The first kappa shape index (κ1) is 11.8. The number of primary amides is 1. The maximum Gasteiger partial charge on any atom is 0.221 e. The summed E-state index contributed by atoms with van der Waals surface area (Å²) in [7, 11) is 0. The van der Waals surface area contributed by atoms with Gasteiger partial charge in [-0.05, 0) is 25.8 Å². The summed E-state index contributed by atoms with van der Waals surface area (Å²) in [5.74, 6) is 0.0149. The molecule has 82 valence electrons. The Labute approximate surface area is 91.4 Å². The molecule has 0 aromatic heterocycles. The number of carbonyl (C=O) groups excluding carboxylic acids is 1. The van der Waals surface area contributed by atoms with E-state index in [2.05, 4.69) is 4.90 Å². The van der Waals surface area contributed by atoms with Crippen molar-refractivity contribution in [1.29, 1.82) is 0 Å². The van der Waals surface area contributed by atoms with E-state index < -0.39 is 0 Å². The van der Waals surface area contributed by atoms with Gasteiger partial charge in [-0.1, -0.05) is 12.8 Å². The molecule has 3 nitrogen and oxygen atoms in total. The molecule has 0 bridgehead atoms. The van der Waals surface area contributed by atoms with Crippen LogP contribution in [0.25, 0.3) is 0 Å². The van der Waals surface area contributed by atoms with E-state index in [9.17, 15) is 4.79 Å². The highest BCUT2D eigenvalue weighted by Gasteiger charge is 2.32. The van der Waals surface area contributed by atoms with Crippen LogP contribution in [0.3, 0.4) is 0 Å². The monoisotopic (exact) mass is 218 g/mol. The van der Waals surface area contributed by atoms with Crippen LogP contribution in [0.15, 0.2) is 0 Å². The Morgan fingerprint density at radius 3 is 2.36 bits per heavy atom. The van der Waals surface area contributed by atoms with Gasteiger partial charge in [-0.25, -0.2) is 0 Å². The van der Waals surface area contributed by atoms with E-state index in [0.717, 1.165) is 25.6 Å². The van der Waals surface area contributed by atoms with Crippen LogP contribution in [0.4, 0.5) is 0 Å². The predicted molar refractivity (Wildman–Crippen MR) is 58.4 cm³/mol. The van der Waals surface area contributed by atoms with Crippen LogP contribution in [0.5, 0.6) is 0 Å². The molecule has 2 rings (SSSR count). The molecule has 1 atom stereocenters. The second kappa shape index (κ2) is 4.99. The molecule has 1 unspecified atom stereocenters. The maximum atomic E-state index is 11.0. The fourth-order valence-electron chi connectivity index (χ4n) is 2.62. The lowest BCUT2D eigenvalue weighted by Gasteiger charge is -2.22. The van der Waals surface area contributed by atoms with Gasteiger partial charge >= 0.3 is 0 Å². The Morgan fingerprint density at radius 1 is 1.21 bits per heavy atom. The summed E-state index contributed by atoms with van der Waals surface area (Å²) in [6.45, 7) is 2.00. The molecule has 1 aliphatic carbocycles. The zero-order chi connectivity index (χ0) is 9.26. The molecule has 1 saturated heterocycles. The van der Waals surface area contributed by atoms with Crippen molar-refractivity contribution in [1.82, 2.24) is 4.90 Å². The standard InChI is InChI=1S/C10H18N2O.ClH/c11-10(13)8-5-6-12(7-8)9-3-1-2-4-9;/h8-9H,1-7H2,(H2,11,13);1H. The molecule has 0 aromatic carbocycles. The van der Waals surface area contributed by atoms with Gasteiger partial charge in [0.2, 0.25) is 5.91 Å². The summed E-state index contributed by atoms with van der Waals surface area (Å²) < 4.78 is 0. The molecule has 0 spiro atoms. The minimum atomic E-state index is -0.111. The second-order valence-corrected chi connectivity index (χ2v) is 4.32. The zero-order valence-electron chi connectivity index (χ0n) is 8.45. The Hall–Kier alpha value is -0.280. The van der Waals surface area contributed by atoms with E-state index in [0.29, 0.717) is 0 Å². The molecular weight excluding hydrogens is 200 g/mol. The number of hydrogen-bond acceptors (Lipinski definition) is 2. The van der Waals surface area contributed by atoms with Crippen LogP contribution in [0.1, 0.15) is 32.1 Å². The summed E-state index contributed by atoms with van der Waals surface area (Å²) >= 11 is 0. The van der Waals surface area contributed by atoms with Gasteiger partial charge in [0.25, 0.3) is 0 Å². The molecule has 1 aliphatic heterocycles. The molecule has 2 N–H and O–H groups in total. The summed E-state index contributed by atoms with van der Waals surface area (Å²) in [5, 5.41) is 0. The molecule has 1 saturated carbocycles. The van der Waals surface area contributed by atoms with Gasteiger partial charge in [0, 0.05) is 12.6 Å². The van der Waals surface area contributed by atoms with Crippen molar-refractivity contribution in [3.8, 4) is 0 Å². The summed E-state index contributed by atoms with van der Waals surface area (Å²) in [4.78, 5) is 13.4. The fourth-order valence-corrected chi connectivity index (χ4v) is 2.62. The first-order valence-corrected chi connectivity index (χ1v) is 5.31. The third-order valence-electron chi connectivity index (χ3n) is 3.46. The highest BCUT2D eigenvalue weighted by Crippen LogP contribution is 2.28. The second-order valence-electron chi connectivity index (χ2n) is 4.32. The van der Waals surface area contributed by atoms with Gasteiger partial charge in [0.1, 0.15) is 0 Å². The van der Waals surface area contributed by atoms with Crippen LogP contribution >= 0.6 is 12.4 Å². The molecule has 4 heteroatoms. The first-order chi connectivity index (χ1) is 6.27. The minimum absolute atomic E-state index is 0. The van der Waals surface area contributed by atoms with E-state index in [-0.39, 0.29) is 24.2 Å². The van der Waals surface area contributed by atoms with Gasteiger partial charge in [-0.15, -0.1) is 12.4 Å². The van der Waals surface area contributed by atoms with Crippen LogP contribution in [0.2, 0.25) is 0 Å². The maximum absolute atomic E-state index is 11.0. The van der Waals surface area contributed by atoms with Crippen LogP contribution in [-0.2, 0) is 4.79 Å². The lowest BCUT2D eigenvalue weighted by Crippen LogP contribution is -2.33. The smallest absolute Gasteiger partial charge is 0.221 e. The SMILES string of the molecule is Cl.NC(=O)C1CCN(C2CCCC2)C1. The molecular formula is C10H19ClN2O. The number of hydrogen-bond donors (Lipinski definition) is 1. The average molecular weight is 219 g/mol. The van der Waals surface area contributed by atoms with Crippen molar-refractivity contribution in [2.45, 2.75) is 38.1 Å². The van der Waals surface area contributed by atoms with Gasteiger partial charge in [0.05, 0.1) is 5.92 Å². The van der Waals surface area contributed by atoms with E-state index in [1.165, 1.54) is 25.7 Å². The first-order valence-electron chi connectivity index (χ1n) is 5.31. The normalized spacial score (nSPS) is 29.0. The van der Waals surface area contributed by atoms with Crippen molar-refractivity contribution in [3.05, 3.63) is 0 Å². The fraction of sp³-hybridized carbons (Fsp3) is 0.900. The molecule has 1 amide bonds. The lowest BCUT2D eigenvalue weighted by atomic mass is 10.1. The zero-order valence-corrected chi connectivity index (χ0v) is 9.26. The number of nitrogens with zero attached hydrogens (tertiary/aromatic N) is 1. The van der Waals surface area contributed by atoms with Crippen LogP contribution < -0.4 is 5.73 Å². The Kier molecular flexibility index (Phi) is 4.20. The predicted octanol–water partition coefficient (Wildman–Crippen LogP) is 1.16. The van der Waals surface area contributed by atoms with E-state index in [1.807, 2.05) is 0 Å². The Bertz CT molecular complexity index is 204. The number of rotatable bonds is 2. The molecule has 2 fully saturated rings. The number of carbonyl (C=O) groups is 1. The van der Waals surface area contributed by atoms with Crippen LogP contribution in [-0.4, -0.2) is 29.9 Å². The number of nitrogens with two attached hydrogens (primary N) is 1. The van der Waals surface area contributed by atoms with E-state index in [4.69, 9.17) is 5.73 Å². The van der Waals surface area contributed by atoms with Gasteiger partial charge in [-0.3, -0.25) is 9.69 Å².